The summed E-state index contributed by atoms with van der Waals surface area (Å²) in [4.78, 5) is 27.3. The van der Waals surface area contributed by atoms with E-state index < -0.39 is 0 Å². The fourth-order valence-corrected chi connectivity index (χ4v) is 2.57. The van der Waals surface area contributed by atoms with Gasteiger partial charge in [-0.1, -0.05) is 6.07 Å². The van der Waals surface area contributed by atoms with Gasteiger partial charge in [0.2, 0.25) is 5.91 Å². The molecule has 7 heteroatoms. The highest BCUT2D eigenvalue weighted by Crippen LogP contribution is 2.25. The lowest BCUT2D eigenvalue weighted by Gasteiger charge is -2.31. The predicted octanol–water partition coefficient (Wildman–Crippen LogP) is 2.96. The molecule has 0 spiro atoms. The van der Waals surface area contributed by atoms with Gasteiger partial charge in [-0.15, -0.1) is 0 Å². The lowest BCUT2D eigenvalue weighted by atomic mass is 10.1. The molecule has 3 rings (SSSR count). The summed E-state index contributed by atoms with van der Waals surface area (Å²) in [7, 11) is 0. The van der Waals surface area contributed by atoms with E-state index in [1.165, 1.54) is 4.90 Å². The third-order valence-electron chi connectivity index (χ3n) is 3.97. The maximum Gasteiger partial charge on any atom is 0.322 e. The zero-order valence-electron chi connectivity index (χ0n) is 13.6. The van der Waals surface area contributed by atoms with Gasteiger partial charge in [0.1, 0.15) is 5.76 Å². The lowest BCUT2D eigenvalue weighted by Crippen LogP contribution is -2.43. The Labute approximate surface area is 145 Å². The highest BCUT2D eigenvalue weighted by Gasteiger charge is 2.25. The summed E-state index contributed by atoms with van der Waals surface area (Å²) in [5, 5.41) is 11.6. The van der Waals surface area contributed by atoms with E-state index in [1.54, 1.807) is 41.5 Å². The number of amides is 3. The van der Waals surface area contributed by atoms with Crippen molar-refractivity contribution in [2.45, 2.75) is 19.4 Å². The molecule has 7 nitrogen and oxygen atoms in total. The largest absolute Gasteiger partial charge is 0.467 e. The minimum atomic E-state index is -0.321. The Kier molecular flexibility index (Phi) is 5.00. The molecule has 0 radical (unpaired) electrons. The second-order valence-corrected chi connectivity index (χ2v) is 5.68. The number of nitrogens with zero attached hydrogens (tertiary/aromatic N) is 3. The molecule has 1 aromatic carbocycles. The molecule has 1 aliphatic rings. The topological polar surface area (TPSA) is 89.6 Å². The third kappa shape index (κ3) is 3.98. The standard InChI is InChI=1S/C18H18N4O3/c19-8-3-9-21(13-16-6-2-11-25-16)18(24)20-14-4-1-5-15(12-14)22-10-7-17(22)23/h1-2,4-6,11-12H,3,7,9-10,13H2,(H,20,24). The Hall–Kier alpha value is -3.27. The van der Waals surface area contributed by atoms with Crippen LogP contribution in [0.15, 0.2) is 47.1 Å². The summed E-state index contributed by atoms with van der Waals surface area (Å²) in [5.41, 5.74) is 1.37. The maximum atomic E-state index is 12.6. The first-order chi connectivity index (χ1) is 12.2. The second kappa shape index (κ2) is 7.53. The number of carbonyl (C=O) groups is 2. The van der Waals surface area contributed by atoms with Crippen molar-refractivity contribution in [1.29, 1.82) is 5.26 Å². The van der Waals surface area contributed by atoms with Crippen LogP contribution in [-0.2, 0) is 11.3 Å². The number of nitrogens with one attached hydrogen (secondary N) is 1. The first-order valence-corrected chi connectivity index (χ1v) is 8.03. The lowest BCUT2D eigenvalue weighted by molar-refractivity contribution is -0.122. The number of urea groups is 1. The molecule has 0 atom stereocenters. The Morgan fingerprint density at radius 2 is 2.24 bits per heavy atom. The molecule has 1 N–H and O–H groups in total. The van der Waals surface area contributed by atoms with Crippen molar-refractivity contribution >= 4 is 23.3 Å². The van der Waals surface area contributed by atoms with Crippen molar-refractivity contribution in [3.63, 3.8) is 0 Å². The molecule has 0 unspecified atom stereocenters. The van der Waals surface area contributed by atoms with Crippen LogP contribution >= 0.6 is 0 Å². The van der Waals surface area contributed by atoms with Gasteiger partial charge in [-0.05, 0) is 30.3 Å². The van der Waals surface area contributed by atoms with Crippen LogP contribution < -0.4 is 10.2 Å². The van der Waals surface area contributed by atoms with Gasteiger partial charge in [0, 0.05) is 30.9 Å². The van der Waals surface area contributed by atoms with Gasteiger partial charge in [-0.3, -0.25) is 4.79 Å². The second-order valence-electron chi connectivity index (χ2n) is 5.68. The molecule has 1 fully saturated rings. The van der Waals surface area contributed by atoms with E-state index in [9.17, 15) is 9.59 Å². The summed E-state index contributed by atoms with van der Waals surface area (Å²) < 4.78 is 5.28. The van der Waals surface area contributed by atoms with Crippen molar-refractivity contribution in [2.24, 2.45) is 0 Å². The average Bonchev–Trinajstić information content (AvgIpc) is 3.10. The van der Waals surface area contributed by atoms with E-state index >= 15 is 0 Å². The summed E-state index contributed by atoms with van der Waals surface area (Å²) >= 11 is 0. The Bertz CT molecular complexity index is 795. The van der Waals surface area contributed by atoms with E-state index in [0.717, 1.165) is 5.69 Å². The van der Waals surface area contributed by atoms with Crippen LogP contribution in [0, 0.1) is 11.3 Å². The molecular formula is C18H18N4O3. The highest BCUT2D eigenvalue weighted by atomic mass is 16.3. The molecule has 0 aliphatic carbocycles. The number of furan rings is 1. The van der Waals surface area contributed by atoms with Crippen molar-refractivity contribution in [2.75, 3.05) is 23.3 Å². The first-order valence-electron chi connectivity index (χ1n) is 8.03. The monoisotopic (exact) mass is 338 g/mol. The van der Waals surface area contributed by atoms with Crippen LogP contribution in [0.25, 0.3) is 0 Å². The van der Waals surface area contributed by atoms with E-state index in [0.29, 0.717) is 31.0 Å². The van der Waals surface area contributed by atoms with Gasteiger partial charge in [0.05, 0.1) is 25.3 Å². The van der Waals surface area contributed by atoms with Crippen LogP contribution in [0.2, 0.25) is 0 Å². The van der Waals surface area contributed by atoms with Crippen molar-refractivity contribution in [1.82, 2.24) is 4.90 Å². The molecule has 2 aromatic rings. The minimum Gasteiger partial charge on any atom is -0.467 e. The van der Waals surface area contributed by atoms with Crippen LogP contribution in [-0.4, -0.2) is 29.9 Å². The van der Waals surface area contributed by atoms with Crippen LogP contribution in [0.3, 0.4) is 0 Å². The SMILES string of the molecule is N#CCCN(Cc1ccco1)C(=O)Nc1cccc(N2CCC2=O)c1. The Morgan fingerprint density at radius 3 is 2.88 bits per heavy atom. The van der Waals surface area contributed by atoms with E-state index in [-0.39, 0.29) is 24.9 Å². The number of nitriles is 1. The molecule has 25 heavy (non-hydrogen) atoms. The minimum absolute atomic E-state index is 0.0805. The van der Waals surface area contributed by atoms with Gasteiger partial charge >= 0.3 is 6.03 Å². The van der Waals surface area contributed by atoms with E-state index in [2.05, 4.69) is 5.32 Å². The van der Waals surface area contributed by atoms with Gasteiger partial charge < -0.3 is 19.5 Å². The molecule has 1 aromatic heterocycles. The van der Waals surface area contributed by atoms with Gasteiger partial charge in [-0.25, -0.2) is 4.79 Å². The number of anilines is 2. The van der Waals surface area contributed by atoms with Gasteiger partial charge in [0.25, 0.3) is 0 Å². The summed E-state index contributed by atoms with van der Waals surface area (Å²) in [6, 6.07) is 12.4. The number of hydrogen-bond acceptors (Lipinski definition) is 4. The summed E-state index contributed by atoms with van der Waals surface area (Å²) in [6.45, 7) is 1.28. The van der Waals surface area contributed by atoms with Crippen molar-refractivity contribution < 1.29 is 14.0 Å². The first kappa shape index (κ1) is 16.6. The fraction of sp³-hybridized carbons (Fsp3) is 0.278. The van der Waals surface area contributed by atoms with Crippen LogP contribution in [0.5, 0.6) is 0 Å². The van der Waals surface area contributed by atoms with Gasteiger partial charge in [-0.2, -0.15) is 5.26 Å². The van der Waals surface area contributed by atoms with E-state index in [4.69, 9.17) is 9.68 Å². The quantitative estimate of drug-likeness (QED) is 0.820. The van der Waals surface area contributed by atoms with Crippen LogP contribution in [0.4, 0.5) is 16.2 Å². The number of rotatable bonds is 6. The normalized spacial score (nSPS) is 13.1. The number of benzene rings is 1. The smallest absolute Gasteiger partial charge is 0.322 e. The predicted molar refractivity (Wildman–Crippen MR) is 91.8 cm³/mol. The molecule has 128 valence electrons. The molecular weight excluding hydrogens is 320 g/mol. The third-order valence-corrected chi connectivity index (χ3v) is 3.97. The molecule has 0 saturated carbocycles. The Balaban J connectivity index is 1.68. The zero-order valence-corrected chi connectivity index (χ0v) is 13.6. The average molecular weight is 338 g/mol. The zero-order chi connectivity index (χ0) is 17.6. The highest BCUT2D eigenvalue weighted by molar-refractivity contribution is 6.00. The summed E-state index contributed by atoms with van der Waals surface area (Å²) in [5.74, 6) is 0.727. The maximum absolute atomic E-state index is 12.6. The van der Waals surface area contributed by atoms with Crippen molar-refractivity contribution in [3.05, 3.63) is 48.4 Å². The summed E-state index contributed by atoms with van der Waals surface area (Å²) in [6.07, 6.45) is 2.33. The van der Waals surface area contributed by atoms with Crippen molar-refractivity contribution in [3.8, 4) is 6.07 Å². The van der Waals surface area contributed by atoms with Gasteiger partial charge in [0.15, 0.2) is 0 Å². The van der Waals surface area contributed by atoms with E-state index in [1.807, 2.05) is 12.1 Å². The Morgan fingerprint density at radius 1 is 1.36 bits per heavy atom. The number of hydrogen-bond donors (Lipinski definition) is 1. The number of carbonyl (C=O) groups excluding carboxylic acids is 2. The molecule has 2 heterocycles. The fourth-order valence-electron chi connectivity index (χ4n) is 2.57. The van der Waals surface area contributed by atoms with Crippen LogP contribution in [0.1, 0.15) is 18.6 Å². The molecule has 1 saturated heterocycles. The number of β-lactam (4-membered cyclic amide) rings is 1. The molecule has 1 aliphatic heterocycles. The molecule has 0 bridgehead atoms. The molecule has 3 amide bonds.